The summed E-state index contributed by atoms with van der Waals surface area (Å²) < 4.78 is 2.07. The van der Waals surface area contributed by atoms with E-state index in [1.165, 1.54) is 12.8 Å². The Labute approximate surface area is 82.2 Å². The van der Waals surface area contributed by atoms with E-state index in [1.54, 1.807) is 6.33 Å². The Morgan fingerprint density at radius 1 is 1.43 bits per heavy atom. The molecule has 74 valence electrons. The summed E-state index contributed by atoms with van der Waals surface area (Å²) in [6.07, 6.45) is 4.16. The summed E-state index contributed by atoms with van der Waals surface area (Å²) in [6.45, 7) is 2.60. The fourth-order valence-electron chi connectivity index (χ4n) is 1.89. The van der Waals surface area contributed by atoms with E-state index in [0.29, 0.717) is 5.92 Å². The van der Waals surface area contributed by atoms with Crippen LogP contribution in [0.5, 0.6) is 0 Å². The predicted octanol–water partition coefficient (Wildman–Crippen LogP) is 0.481. The second kappa shape index (κ2) is 2.80. The normalized spacial score (nSPS) is 20.7. The standard InChI is InChI=1S/C9H13N5/c10-9(7-1-2-7)13-3-4-14-6-11-12-8(14)5-13/h6-7,10H,1-5H2. The number of hydrogen-bond donors (Lipinski definition) is 1. The molecule has 2 aliphatic rings. The highest BCUT2D eigenvalue weighted by Gasteiger charge is 2.31. The molecule has 1 aliphatic carbocycles. The average molecular weight is 191 g/mol. The van der Waals surface area contributed by atoms with E-state index in [4.69, 9.17) is 5.41 Å². The van der Waals surface area contributed by atoms with Gasteiger partial charge in [0.05, 0.1) is 12.4 Å². The third-order valence-corrected chi connectivity index (χ3v) is 2.94. The van der Waals surface area contributed by atoms with Crippen molar-refractivity contribution in [3.05, 3.63) is 12.2 Å². The summed E-state index contributed by atoms with van der Waals surface area (Å²) >= 11 is 0. The SMILES string of the molecule is N=C(C1CC1)N1CCn2cnnc2C1. The zero-order valence-corrected chi connectivity index (χ0v) is 7.98. The number of hydrogen-bond acceptors (Lipinski definition) is 3. The van der Waals surface area contributed by atoms with Crippen LogP contribution in [0.3, 0.4) is 0 Å². The summed E-state index contributed by atoms with van der Waals surface area (Å²) in [4.78, 5) is 2.13. The molecule has 1 aromatic heterocycles. The van der Waals surface area contributed by atoms with Crippen molar-refractivity contribution in [3.63, 3.8) is 0 Å². The smallest absolute Gasteiger partial charge is 0.152 e. The van der Waals surface area contributed by atoms with Gasteiger partial charge >= 0.3 is 0 Å². The topological polar surface area (TPSA) is 57.8 Å². The Morgan fingerprint density at radius 3 is 3.07 bits per heavy atom. The van der Waals surface area contributed by atoms with Gasteiger partial charge in [-0.05, 0) is 12.8 Å². The molecule has 0 saturated heterocycles. The van der Waals surface area contributed by atoms with Gasteiger partial charge in [0.15, 0.2) is 5.82 Å². The molecule has 5 nitrogen and oxygen atoms in total. The minimum absolute atomic E-state index is 0.532. The third-order valence-electron chi connectivity index (χ3n) is 2.94. The number of fused-ring (bicyclic) bond motifs is 1. The molecule has 3 rings (SSSR count). The predicted molar refractivity (Wildman–Crippen MR) is 50.9 cm³/mol. The Bertz CT molecular complexity index is 365. The molecule has 1 N–H and O–H groups in total. The fraction of sp³-hybridized carbons (Fsp3) is 0.667. The van der Waals surface area contributed by atoms with E-state index in [0.717, 1.165) is 31.3 Å². The molecule has 14 heavy (non-hydrogen) atoms. The third kappa shape index (κ3) is 1.20. The van der Waals surface area contributed by atoms with Crippen molar-refractivity contribution >= 4 is 5.84 Å². The molecule has 0 atom stereocenters. The van der Waals surface area contributed by atoms with Crippen molar-refractivity contribution in [2.75, 3.05) is 6.54 Å². The van der Waals surface area contributed by atoms with Crippen LogP contribution in [0.4, 0.5) is 0 Å². The molecular formula is C9H13N5. The van der Waals surface area contributed by atoms with E-state index in [2.05, 4.69) is 19.7 Å². The Kier molecular flexibility index (Phi) is 1.59. The van der Waals surface area contributed by atoms with Crippen molar-refractivity contribution in [1.82, 2.24) is 19.7 Å². The van der Waals surface area contributed by atoms with Gasteiger partial charge in [-0.25, -0.2) is 0 Å². The van der Waals surface area contributed by atoms with Gasteiger partial charge in [0.1, 0.15) is 6.33 Å². The summed E-state index contributed by atoms with van der Waals surface area (Å²) in [7, 11) is 0. The first-order valence-corrected chi connectivity index (χ1v) is 5.04. The van der Waals surface area contributed by atoms with Gasteiger partial charge in [-0.2, -0.15) is 0 Å². The molecule has 1 saturated carbocycles. The van der Waals surface area contributed by atoms with Gasteiger partial charge in [-0.15, -0.1) is 10.2 Å². The maximum absolute atomic E-state index is 7.96. The Hall–Kier alpha value is -1.39. The number of amidine groups is 1. The molecule has 5 heteroatoms. The second-order valence-electron chi connectivity index (χ2n) is 4.02. The highest BCUT2D eigenvalue weighted by atomic mass is 15.3. The van der Waals surface area contributed by atoms with Crippen molar-refractivity contribution in [2.24, 2.45) is 5.92 Å². The Balaban J connectivity index is 1.77. The summed E-state index contributed by atoms with van der Waals surface area (Å²) in [5.74, 6) is 2.32. The van der Waals surface area contributed by atoms with Crippen molar-refractivity contribution in [2.45, 2.75) is 25.9 Å². The number of nitrogens with zero attached hydrogens (tertiary/aromatic N) is 4. The van der Waals surface area contributed by atoms with Crippen LogP contribution < -0.4 is 0 Å². The van der Waals surface area contributed by atoms with Gasteiger partial charge in [0, 0.05) is 19.0 Å². The van der Waals surface area contributed by atoms with Gasteiger partial charge in [-0.1, -0.05) is 0 Å². The van der Waals surface area contributed by atoms with E-state index in [1.807, 2.05) is 0 Å². The van der Waals surface area contributed by atoms with Crippen LogP contribution in [0.1, 0.15) is 18.7 Å². The maximum Gasteiger partial charge on any atom is 0.152 e. The molecule has 0 amide bonds. The van der Waals surface area contributed by atoms with Gasteiger partial charge in [0.25, 0.3) is 0 Å². The summed E-state index contributed by atoms with van der Waals surface area (Å²) in [6, 6.07) is 0. The minimum atomic E-state index is 0.532. The molecule has 1 aliphatic heterocycles. The van der Waals surface area contributed by atoms with Crippen LogP contribution in [0.2, 0.25) is 0 Å². The van der Waals surface area contributed by atoms with Crippen molar-refractivity contribution < 1.29 is 0 Å². The van der Waals surface area contributed by atoms with E-state index in [9.17, 15) is 0 Å². The lowest BCUT2D eigenvalue weighted by molar-refractivity contribution is 0.320. The molecule has 0 unspecified atom stereocenters. The molecule has 2 heterocycles. The monoisotopic (exact) mass is 191 g/mol. The Morgan fingerprint density at radius 2 is 2.29 bits per heavy atom. The van der Waals surface area contributed by atoms with Crippen LogP contribution in [0, 0.1) is 11.3 Å². The average Bonchev–Trinajstić information content (AvgIpc) is 2.95. The lowest BCUT2D eigenvalue weighted by Crippen LogP contribution is -2.38. The number of rotatable bonds is 1. The molecule has 0 aromatic carbocycles. The van der Waals surface area contributed by atoms with E-state index >= 15 is 0 Å². The first-order chi connectivity index (χ1) is 6.84. The highest BCUT2D eigenvalue weighted by molar-refractivity contribution is 5.83. The van der Waals surface area contributed by atoms with E-state index < -0.39 is 0 Å². The van der Waals surface area contributed by atoms with Crippen LogP contribution in [0.25, 0.3) is 0 Å². The van der Waals surface area contributed by atoms with E-state index in [-0.39, 0.29) is 0 Å². The quantitative estimate of drug-likeness (QED) is 0.519. The zero-order chi connectivity index (χ0) is 9.54. The van der Waals surface area contributed by atoms with Crippen molar-refractivity contribution in [1.29, 1.82) is 5.41 Å². The highest BCUT2D eigenvalue weighted by Crippen LogP contribution is 2.32. The fourth-order valence-corrected chi connectivity index (χ4v) is 1.89. The molecule has 0 spiro atoms. The summed E-state index contributed by atoms with van der Waals surface area (Å²) in [5.41, 5.74) is 0. The summed E-state index contributed by atoms with van der Waals surface area (Å²) in [5, 5.41) is 15.9. The molecule has 1 aromatic rings. The second-order valence-corrected chi connectivity index (χ2v) is 4.02. The minimum Gasteiger partial charge on any atom is -0.351 e. The van der Waals surface area contributed by atoms with Crippen molar-refractivity contribution in [3.8, 4) is 0 Å². The van der Waals surface area contributed by atoms with Gasteiger partial charge in [-0.3, -0.25) is 5.41 Å². The van der Waals surface area contributed by atoms with Gasteiger partial charge in [0.2, 0.25) is 0 Å². The van der Waals surface area contributed by atoms with Crippen LogP contribution in [-0.4, -0.2) is 32.0 Å². The van der Waals surface area contributed by atoms with Crippen LogP contribution in [0.15, 0.2) is 6.33 Å². The first-order valence-electron chi connectivity index (χ1n) is 5.04. The molecule has 0 bridgehead atoms. The maximum atomic E-state index is 7.96. The van der Waals surface area contributed by atoms with Crippen LogP contribution >= 0.6 is 0 Å². The molecule has 0 radical (unpaired) electrons. The largest absolute Gasteiger partial charge is 0.351 e. The van der Waals surface area contributed by atoms with Gasteiger partial charge < -0.3 is 9.47 Å². The lowest BCUT2D eigenvalue weighted by atomic mass is 10.3. The zero-order valence-electron chi connectivity index (χ0n) is 7.98. The molecular weight excluding hydrogens is 178 g/mol. The number of nitrogens with one attached hydrogen (secondary N) is 1. The molecule has 1 fully saturated rings. The number of aromatic nitrogens is 3. The van der Waals surface area contributed by atoms with Crippen LogP contribution in [-0.2, 0) is 13.1 Å². The first kappa shape index (κ1) is 7.96. The lowest BCUT2D eigenvalue weighted by Gasteiger charge is -2.29.